The van der Waals surface area contributed by atoms with E-state index in [2.05, 4.69) is 17.1 Å². The van der Waals surface area contributed by atoms with Crippen molar-refractivity contribution in [2.75, 3.05) is 26.7 Å². The predicted octanol–water partition coefficient (Wildman–Crippen LogP) is 3.02. The third-order valence-electron chi connectivity index (χ3n) is 4.05. The smallest absolute Gasteiger partial charge is 0.162 e. The number of ether oxygens (including phenoxy) is 1. The van der Waals surface area contributed by atoms with E-state index in [1.165, 1.54) is 20.1 Å². The quantitative estimate of drug-likeness (QED) is 0.847. The van der Waals surface area contributed by atoms with Gasteiger partial charge in [0.15, 0.2) is 11.5 Å². The summed E-state index contributed by atoms with van der Waals surface area (Å²) in [5, 5.41) is 14.2. The number of nitrogens with zero attached hydrogens (tertiary/aromatic N) is 1. The number of aromatic hydroxyl groups is 1. The van der Waals surface area contributed by atoms with E-state index in [0.29, 0.717) is 23.4 Å². The molecule has 118 valence electrons. The van der Waals surface area contributed by atoms with Crippen molar-refractivity contribution in [3.8, 4) is 11.5 Å². The van der Waals surface area contributed by atoms with Crippen molar-refractivity contribution in [3.63, 3.8) is 0 Å². The van der Waals surface area contributed by atoms with Gasteiger partial charge in [-0.2, -0.15) is 0 Å². The number of hydrogen-bond donors (Lipinski definition) is 2. The van der Waals surface area contributed by atoms with E-state index in [4.69, 9.17) is 16.3 Å². The normalized spacial score (nSPS) is 17.1. The zero-order valence-electron chi connectivity index (χ0n) is 12.9. The average molecular weight is 313 g/mol. The minimum Gasteiger partial charge on any atom is -0.504 e. The highest BCUT2D eigenvalue weighted by atomic mass is 35.5. The first-order chi connectivity index (χ1) is 10.1. The Bertz CT molecular complexity index is 460. The fourth-order valence-electron chi connectivity index (χ4n) is 2.85. The Kier molecular flexibility index (Phi) is 6.15. The van der Waals surface area contributed by atoms with Crippen LogP contribution < -0.4 is 10.1 Å². The van der Waals surface area contributed by atoms with Crippen LogP contribution in [0.2, 0.25) is 5.02 Å². The lowest BCUT2D eigenvalue weighted by Gasteiger charge is -2.32. The van der Waals surface area contributed by atoms with Gasteiger partial charge in [-0.25, -0.2) is 0 Å². The highest BCUT2D eigenvalue weighted by Crippen LogP contribution is 2.33. The van der Waals surface area contributed by atoms with E-state index in [-0.39, 0.29) is 5.75 Å². The van der Waals surface area contributed by atoms with Gasteiger partial charge < -0.3 is 20.1 Å². The molecule has 2 N–H and O–H groups in total. The van der Waals surface area contributed by atoms with Gasteiger partial charge in [0.25, 0.3) is 0 Å². The molecule has 2 rings (SSSR count). The number of nitrogens with one attached hydrogen (secondary N) is 1. The second-order valence-corrected chi connectivity index (χ2v) is 6.05. The third-order valence-corrected chi connectivity index (χ3v) is 4.27. The third kappa shape index (κ3) is 4.50. The molecular formula is C16H25ClN2O2. The molecule has 0 amide bonds. The van der Waals surface area contributed by atoms with E-state index < -0.39 is 0 Å². The predicted molar refractivity (Wildman–Crippen MR) is 86.3 cm³/mol. The van der Waals surface area contributed by atoms with Crippen LogP contribution in [-0.4, -0.2) is 42.8 Å². The van der Waals surface area contributed by atoms with Crippen molar-refractivity contribution in [2.45, 2.75) is 38.8 Å². The first-order valence-electron chi connectivity index (χ1n) is 7.65. The molecule has 4 nitrogen and oxygen atoms in total. The Balaban J connectivity index is 1.88. The summed E-state index contributed by atoms with van der Waals surface area (Å²) in [6.07, 6.45) is 3.52. The van der Waals surface area contributed by atoms with E-state index >= 15 is 0 Å². The van der Waals surface area contributed by atoms with Gasteiger partial charge >= 0.3 is 0 Å². The minimum absolute atomic E-state index is 0.179. The second kappa shape index (κ2) is 7.87. The Morgan fingerprint density at radius 3 is 2.71 bits per heavy atom. The van der Waals surface area contributed by atoms with Crippen LogP contribution in [0.4, 0.5) is 0 Å². The average Bonchev–Trinajstić information content (AvgIpc) is 2.49. The van der Waals surface area contributed by atoms with Crippen molar-refractivity contribution in [3.05, 3.63) is 22.7 Å². The fraction of sp³-hybridized carbons (Fsp3) is 0.625. The van der Waals surface area contributed by atoms with Gasteiger partial charge in [-0.1, -0.05) is 18.5 Å². The van der Waals surface area contributed by atoms with E-state index in [0.717, 1.165) is 31.5 Å². The summed E-state index contributed by atoms with van der Waals surface area (Å²) in [6, 6.07) is 3.92. The van der Waals surface area contributed by atoms with Gasteiger partial charge in [-0.15, -0.1) is 0 Å². The first kappa shape index (κ1) is 16.4. The molecule has 5 heteroatoms. The molecule has 1 aromatic rings. The lowest BCUT2D eigenvalue weighted by Crippen LogP contribution is -2.42. The van der Waals surface area contributed by atoms with Gasteiger partial charge in [0, 0.05) is 29.2 Å². The number of benzene rings is 1. The fourth-order valence-corrected chi connectivity index (χ4v) is 3.08. The number of phenols is 1. The number of phenolic OH excluding ortho intramolecular Hbond substituents is 1. The zero-order valence-corrected chi connectivity index (χ0v) is 13.6. The molecule has 0 unspecified atom stereocenters. The molecule has 1 saturated heterocycles. The lowest BCUT2D eigenvalue weighted by molar-refractivity contribution is 0.197. The van der Waals surface area contributed by atoms with Crippen molar-refractivity contribution >= 4 is 11.6 Å². The molecule has 0 saturated carbocycles. The van der Waals surface area contributed by atoms with Crippen molar-refractivity contribution in [1.29, 1.82) is 0 Å². The van der Waals surface area contributed by atoms with Crippen LogP contribution in [0, 0.1) is 0 Å². The highest BCUT2D eigenvalue weighted by molar-refractivity contribution is 6.30. The summed E-state index contributed by atoms with van der Waals surface area (Å²) in [5.41, 5.74) is 0.787. The summed E-state index contributed by atoms with van der Waals surface area (Å²) >= 11 is 6.05. The minimum atomic E-state index is 0.179. The number of rotatable bonds is 6. The Labute approximate surface area is 132 Å². The molecule has 0 aromatic heterocycles. The van der Waals surface area contributed by atoms with Gasteiger partial charge in [-0.05, 0) is 45.0 Å². The first-order valence-corrected chi connectivity index (χ1v) is 8.03. The molecule has 1 aliphatic heterocycles. The molecule has 0 spiro atoms. The second-order valence-electron chi connectivity index (χ2n) is 5.61. The molecule has 21 heavy (non-hydrogen) atoms. The maximum absolute atomic E-state index is 10.1. The Morgan fingerprint density at radius 2 is 2.10 bits per heavy atom. The van der Waals surface area contributed by atoms with Crippen LogP contribution in [0.5, 0.6) is 11.5 Å². The lowest BCUT2D eigenvalue weighted by atomic mass is 10.0. The molecule has 0 radical (unpaired) electrons. The maximum atomic E-state index is 10.1. The largest absolute Gasteiger partial charge is 0.504 e. The summed E-state index contributed by atoms with van der Waals surface area (Å²) in [5.74, 6) is 0.606. The number of halogens is 1. The van der Waals surface area contributed by atoms with Crippen molar-refractivity contribution < 1.29 is 9.84 Å². The summed E-state index contributed by atoms with van der Waals surface area (Å²) in [7, 11) is 1.53. The maximum Gasteiger partial charge on any atom is 0.162 e. The molecule has 1 aliphatic rings. The van der Waals surface area contributed by atoms with E-state index in [1.54, 1.807) is 12.1 Å². The number of likely N-dealkylation sites (tertiary alicyclic amines) is 1. The number of methoxy groups -OCH3 is 1. The Hall–Kier alpha value is -0.970. The number of hydrogen-bond acceptors (Lipinski definition) is 4. The topological polar surface area (TPSA) is 44.7 Å². The standard InChI is InChI=1S/C16H25ClN2O2/c1-3-6-19-7-4-14(5-8-19)18-11-12-9-13(17)10-15(21-2)16(12)20/h9-10,14,18,20H,3-8,11H2,1-2H3. The summed E-state index contributed by atoms with van der Waals surface area (Å²) < 4.78 is 5.13. The van der Waals surface area contributed by atoms with Crippen LogP contribution in [0.1, 0.15) is 31.7 Å². The summed E-state index contributed by atoms with van der Waals surface area (Å²) in [4.78, 5) is 2.51. The molecular weight excluding hydrogens is 288 g/mol. The van der Waals surface area contributed by atoms with E-state index in [9.17, 15) is 5.11 Å². The van der Waals surface area contributed by atoms with Crippen LogP contribution >= 0.6 is 11.6 Å². The number of piperidine rings is 1. The SMILES string of the molecule is CCCN1CCC(NCc2cc(Cl)cc(OC)c2O)CC1. The van der Waals surface area contributed by atoms with Crippen molar-refractivity contribution in [1.82, 2.24) is 10.2 Å². The van der Waals surface area contributed by atoms with Crippen LogP contribution in [0.25, 0.3) is 0 Å². The van der Waals surface area contributed by atoms with Crippen LogP contribution in [-0.2, 0) is 6.54 Å². The Morgan fingerprint density at radius 1 is 1.38 bits per heavy atom. The van der Waals surface area contributed by atoms with Crippen LogP contribution in [0.15, 0.2) is 12.1 Å². The zero-order chi connectivity index (χ0) is 15.2. The molecule has 0 atom stereocenters. The molecule has 1 fully saturated rings. The van der Waals surface area contributed by atoms with Gasteiger partial charge in [0.05, 0.1) is 7.11 Å². The van der Waals surface area contributed by atoms with E-state index in [1.807, 2.05) is 0 Å². The molecule has 1 aromatic carbocycles. The molecule has 1 heterocycles. The monoisotopic (exact) mass is 312 g/mol. The molecule has 0 bridgehead atoms. The van der Waals surface area contributed by atoms with Gasteiger partial charge in [0.2, 0.25) is 0 Å². The van der Waals surface area contributed by atoms with Gasteiger partial charge in [-0.3, -0.25) is 0 Å². The highest BCUT2D eigenvalue weighted by Gasteiger charge is 2.19. The van der Waals surface area contributed by atoms with Gasteiger partial charge in [0.1, 0.15) is 0 Å². The summed E-state index contributed by atoms with van der Waals surface area (Å²) in [6.45, 7) is 6.33. The van der Waals surface area contributed by atoms with Crippen LogP contribution in [0.3, 0.4) is 0 Å². The van der Waals surface area contributed by atoms with Crippen molar-refractivity contribution in [2.24, 2.45) is 0 Å². The molecule has 0 aliphatic carbocycles.